The van der Waals surface area contributed by atoms with Crippen LogP contribution in [0.1, 0.15) is 11.6 Å². The van der Waals surface area contributed by atoms with Gasteiger partial charge in [0.05, 0.1) is 25.9 Å². The first-order chi connectivity index (χ1) is 8.19. The number of hydrogen-bond donors (Lipinski definition) is 1. The molecule has 0 amide bonds. The van der Waals surface area contributed by atoms with Gasteiger partial charge in [0.2, 0.25) is 0 Å². The van der Waals surface area contributed by atoms with Crippen molar-refractivity contribution in [2.45, 2.75) is 6.04 Å². The zero-order valence-electron chi connectivity index (χ0n) is 10.0. The molecular weight excluding hydrogens is 228 g/mol. The van der Waals surface area contributed by atoms with Crippen molar-refractivity contribution in [3.63, 3.8) is 0 Å². The lowest BCUT2D eigenvalue weighted by atomic mass is 10.1. The second-order valence-corrected chi connectivity index (χ2v) is 3.58. The first kappa shape index (κ1) is 14.0. The van der Waals surface area contributed by atoms with Crippen LogP contribution in [0.2, 0.25) is 0 Å². The van der Waals surface area contributed by atoms with Crippen molar-refractivity contribution in [1.29, 1.82) is 0 Å². The van der Waals surface area contributed by atoms with E-state index in [2.05, 4.69) is 5.32 Å². The van der Waals surface area contributed by atoms with Gasteiger partial charge in [0.1, 0.15) is 0 Å². The number of rotatable bonds is 7. The van der Waals surface area contributed by atoms with E-state index in [0.717, 1.165) is 6.07 Å². The molecule has 1 aromatic rings. The first-order valence-corrected chi connectivity index (χ1v) is 5.38. The molecule has 0 aliphatic carbocycles. The summed E-state index contributed by atoms with van der Waals surface area (Å²) in [7, 11) is 3.33. The molecule has 5 heteroatoms. The number of ether oxygens (including phenoxy) is 2. The van der Waals surface area contributed by atoms with E-state index in [1.807, 2.05) is 0 Å². The minimum absolute atomic E-state index is 0.165. The zero-order chi connectivity index (χ0) is 12.7. The summed E-state index contributed by atoms with van der Waals surface area (Å²) >= 11 is 0. The van der Waals surface area contributed by atoms with Crippen molar-refractivity contribution in [3.8, 4) is 0 Å². The summed E-state index contributed by atoms with van der Waals surface area (Å²) in [6.45, 7) is 1.36. The van der Waals surface area contributed by atoms with Gasteiger partial charge in [-0.1, -0.05) is 6.07 Å². The van der Waals surface area contributed by atoms with Gasteiger partial charge in [0, 0.05) is 7.11 Å². The second-order valence-electron chi connectivity index (χ2n) is 3.58. The topological polar surface area (TPSA) is 30.5 Å². The molecule has 0 radical (unpaired) electrons. The van der Waals surface area contributed by atoms with E-state index >= 15 is 0 Å². The van der Waals surface area contributed by atoms with Crippen molar-refractivity contribution >= 4 is 0 Å². The molecule has 0 bridgehead atoms. The van der Waals surface area contributed by atoms with Crippen LogP contribution in [0.4, 0.5) is 8.78 Å². The second kappa shape index (κ2) is 7.32. The van der Waals surface area contributed by atoms with Crippen molar-refractivity contribution in [3.05, 3.63) is 35.4 Å². The maximum Gasteiger partial charge on any atom is 0.159 e. The molecule has 17 heavy (non-hydrogen) atoms. The van der Waals surface area contributed by atoms with Crippen LogP contribution in [0.5, 0.6) is 0 Å². The number of nitrogens with one attached hydrogen (secondary N) is 1. The lowest BCUT2D eigenvalue weighted by molar-refractivity contribution is 0.0596. The highest BCUT2D eigenvalue weighted by Gasteiger charge is 2.12. The molecule has 1 unspecified atom stereocenters. The minimum Gasteiger partial charge on any atom is -0.382 e. The Morgan fingerprint density at radius 2 is 2.00 bits per heavy atom. The van der Waals surface area contributed by atoms with Gasteiger partial charge in [-0.25, -0.2) is 8.78 Å². The molecule has 0 aromatic heterocycles. The molecular formula is C12H17F2NO2. The van der Waals surface area contributed by atoms with Crippen LogP contribution in [-0.4, -0.2) is 34.0 Å². The molecule has 1 rings (SSSR count). The fourth-order valence-electron chi connectivity index (χ4n) is 1.42. The first-order valence-electron chi connectivity index (χ1n) is 5.38. The summed E-state index contributed by atoms with van der Waals surface area (Å²) in [5.74, 6) is -1.69. The standard InChI is InChI=1S/C12H17F2NO2/c1-15-12(8-17-6-5-16-2)9-3-4-10(13)11(14)7-9/h3-4,7,12,15H,5-6,8H2,1-2H3. The van der Waals surface area contributed by atoms with Gasteiger partial charge in [-0.2, -0.15) is 0 Å². The van der Waals surface area contributed by atoms with E-state index in [0.29, 0.717) is 25.4 Å². The Hall–Kier alpha value is -1.04. The van der Waals surface area contributed by atoms with Crippen molar-refractivity contribution in [2.24, 2.45) is 0 Å². The van der Waals surface area contributed by atoms with Gasteiger partial charge < -0.3 is 14.8 Å². The summed E-state index contributed by atoms with van der Waals surface area (Å²) < 4.78 is 36.0. The number of halogens is 2. The molecule has 96 valence electrons. The van der Waals surface area contributed by atoms with Crippen LogP contribution in [0, 0.1) is 11.6 Å². The molecule has 1 aromatic carbocycles. The van der Waals surface area contributed by atoms with Gasteiger partial charge in [-0.15, -0.1) is 0 Å². The third kappa shape index (κ3) is 4.38. The number of methoxy groups -OCH3 is 1. The summed E-state index contributed by atoms with van der Waals surface area (Å²) in [5.41, 5.74) is 0.656. The molecule has 0 saturated heterocycles. The fraction of sp³-hybridized carbons (Fsp3) is 0.500. The Kier molecular flexibility index (Phi) is 6.04. The maximum atomic E-state index is 13.1. The van der Waals surface area contributed by atoms with E-state index in [1.54, 1.807) is 20.2 Å². The normalized spacial score (nSPS) is 12.7. The Bertz CT molecular complexity index is 347. The minimum atomic E-state index is -0.848. The summed E-state index contributed by atoms with van der Waals surface area (Å²) in [6, 6.07) is 3.67. The quantitative estimate of drug-likeness (QED) is 0.744. The van der Waals surface area contributed by atoms with Crippen LogP contribution in [0.15, 0.2) is 18.2 Å². The summed E-state index contributed by atoms with van der Waals surface area (Å²) in [5, 5.41) is 2.99. The van der Waals surface area contributed by atoms with Gasteiger partial charge in [-0.3, -0.25) is 0 Å². The van der Waals surface area contributed by atoms with Crippen LogP contribution < -0.4 is 5.32 Å². The molecule has 0 fully saturated rings. The summed E-state index contributed by atoms with van der Waals surface area (Å²) in [4.78, 5) is 0. The van der Waals surface area contributed by atoms with Crippen LogP contribution in [0.25, 0.3) is 0 Å². The molecule has 0 spiro atoms. The predicted molar refractivity (Wildman–Crippen MR) is 60.9 cm³/mol. The average Bonchev–Trinajstić information content (AvgIpc) is 2.33. The van der Waals surface area contributed by atoms with Crippen molar-refractivity contribution < 1.29 is 18.3 Å². The molecule has 0 heterocycles. The Morgan fingerprint density at radius 1 is 1.24 bits per heavy atom. The highest BCUT2D eigenvalue weighted by molar-refractivity contribution is 5.21. The lowest BCUT2D eigenvalue weighted by Crippen LogP contribution is -2.23. The molecule has 1 atom stereocenters. The fourth-order valence-corrected chi connectivity index (χ4v) is 1.42. The third-order valence-electron chi connectivity index (χ3n) is 2.41. The molecule has 0 saturated carbocycles. The Morgan fingerprint density at radius 3 is 2.59 bits per heavy atom. The largest absolute Gasteiger partial charge is 0.382 e. The Balaban J connectivity index is 2.56. The number of benzene rings is 1. The maximum absolute atomic E-state index is 13.1. The number of likely N-dealkylation sites (N-methyl/N-ethyl adjacent to an activating group) is 1. The van der Waals surface area contributed by atoms with E-state index in [4.69, 9.17) is 9.47 Å². The monoisotopic (exact) mass is 245 g/mol. The molecule has 1 N–H and O–H groups in total. The molecule has 0 aliphatic heterocycles. The van der Waals surface area contributed by atoms with E-state index < -0.39 is 11.6 Å². The van der Waals surface area contributed by atoms with Crippen molar-refractivity contribution in [2.75, 3.05) is 34.0 Å². The third-order valence-corrected chi connectivity index (χ3v) is 2.41. The highest BCUT2D eigenvalue weighted by atomic mass is 19.2. The van der Waals surface area contributed by atoms with Gasteiger partial charge in [0.15, 0.2) is 11.6 Å². The van der Waals surface area contributed by atoms with Gasteiger partial charge >= 0.3 is 0 Å². The SMILES string of the molecule is CNC(COCCOC)c1ccc(F)c(F)c1. The smallest absolute Gasteiger partial charge is 0.159 e. The van der Waals surface area contributed by atoms with Crippen LogP contribution in [-0.2, 0) is 9.47 Å². The zero-order valence-corrected chi connectivity index (χ0v) is 10.0. The van der Waals surface area contributed by atoms with Crippen molar-refractivity contribution in [1.82, 2.24) is 5.32 Å². The average molecular weight is 245 g/mol. The highest BCUT2D eigenvalue weighted by Crippen LogP contribution is 2.16. The summed E-state index contributed by atoms with van der Waals surface area (Å²) in [6.07, 6.45) is 0. The number of hydrogen-bond acceptors (Lipinski definition) is 3. The molecule has 0 aliphatic rings. The lowest BCUT2D eigenvalue weighted by Gasteiger charge is -2.17. The van der Waals surface area contributed by atoms with Gasteiger partial charge in [0.25, 0.3) is 0 Å². The molecule has 3 nitrogen and oxygen atoms in total. The predicted octanol–water partition coefficient (Wildman–Crippen LogP) is 1.89. The van der Waals surface area contributed by atoms with Crippen LogP contribution >= 0.6 is 0 Å². The van der Waals surface area contributed by atoms with Gasteiger partial charge in [-0.05, 0) is 24.7 Å². The Labute approximate surface area is 99.7 Å². The van der Waals surface area contributed by atoms with E-state index in [-0.39, 0.29) is 6.04 Å². The van der Waals surface area contributed by atoms with E-state index in [9.17, 15) is 8.78 Å². The van der Waals surface area contributed by atoms with E-state index in [1.165, 1.54) is 6.07 Å². The van der Waals surface area contributed by atoms with Crippen LogP contribution in [0.3, 0.4) is 0 Å².